The molecule has 5 heteroatoms. The molecule has 3 aromatic heterocycles. The highest BCUT2D eigenvalue weighted by molar-refractivity contribution is 5.57. The van der Waals surface area contributed by atoms with Gasteiger partial charge < -0.3 is 9.73 Å². The van der Waals surface area contributed by atoms with Crippen molar-refractivity contribution < 1.29 is 4.42 Å². The van der Waals surface area contributed by atoms with Gasteiger partial charge in [-0.25, -0.2) is 9.67 Å². The number of hydrogen-bond acceptors (Lipinski definition) is 4. The second kappa shape index (κ2) is 5.61. The number of anilines is 1. The third kappa shape index (κ3) is 2.42. The van der Waals surface area contributed by atoms with E-state index in [-0.39, 0.29) is 6.04 Å². The minimum absolute atomic E-state index is 0.114. The largest absolute Gasteiger partial charge is 0.467 e. The van der Waals surface area contributed by atoms with Crippen LogP contribution < -0.4 is 5.32 Å². The normalized spacial score (nSPS) is 12.2. The topological polar surface area (TPSA) is 55.9 Å². The van der Waals surface area contributed by atoms with Gasteiger partial charge in [0.1, 0.15) is 5.76 Å². The van der Waals surface area contributed by atoms with E-state index in [0.717, 1.165) is 23.7 Å². The molecule has 0 aromatic carbocycles. The zero-order valence-corrected chi connectivity index (χ0v) is 11.2. The lowest BCUT2D eigenvalue weighted by molar-refractivity contribution is 0.473. The Bertz CT molecular complexity index is 646. The minimum Gasteiger partial charge on any atom is -0.467 e. The summed E-state index contributed by atoms with van der Waals surface area (Å²) < 4.78 is 7.23. The first-order valence-corrected chi connectivity index (χ1v) is 6.63. The van der Waals surface area contributed by atoms with Crippen molar-refractivity contribution in [2.75, 3.05) is 5.32 Å². The van der Waals surface area contributed by atoms with Gasteiger partial charge in [0.15, 0.2) is 5.82 Å². The van der Waals surface area contributed by atoms with Crippen molar-refractivity contribution in [2.24, 2.45) is 0 Å². The van der Waals surface area contributed by atoms with E-state index >= 15 is 0 Å². The summed E-state index contributed by atoms with van der Waals surface area (Å²) in [7, 11) is 0. The van der Waals surface area contributed by atoms with Crippen molar-refractivity contribution in [3.8, 4) is 5.82 Å². The van der Waals surface area contributed by atoms with Gasteiger partial charge in [-0.05, 0) is 36.8 Å². The summed E-state index contributed by atoms with van der Waals surface area (Å²) in [6, 6.07) is 9.77. The van der Waals surface area contributed by atoms with Crippen LogP contribution in [-0.4, -0.2) is 14.8 Å². The van der Waals surface area contributed by atoms with Crippen LogP contribution in [0.3, 0.4) is 0 Å². The summed E-state index contributed by atoms with van der Waals surface area (Å²) in [5, 5.41) is 7.70. The first kappa shape index (κ1) is 12.5. The Hall–Kier alpha value is -2.56. The molecule has 3 aromatic rings. The van der Waals surface area contributed by atoms with E-state index in [1.54, 1.807) is 23.3 Å². The molecule has 0 radical (unpaired) electrons. The van der Waals surface area contributed by atoms with Crippen LogP contribution in [0.15, 0.2) is 59.6 Å². The van der Waals surface area contributed by atoms with E-state index in [1.165, 1.54) is 0 Å². The second-order valence-corrected chi connectivity index (χ2v) is 4.45. The van der Waals surface area contributed by atoms with E-state index < -0.39 is 0 Å². The molecule has 102 valence electrons. The standard InChI is InChI=1S/C15H16N4O/c1-2-12(14-7-4-11-20-14)18-13-6-3-8-16-15(13)19-10-5-9-17-19/h3-12,18H,2H2,1H3. The average molecular weight is 268 g/mol. The van der Waals surface area contributed by atoms with Crippen molar-refractivity contribution in [3.63, 3.8) is 0 Å². The molecular formula is C15H16N4O. The van der Waals surface area contributed by atoms with E-state index in [4.69, 9.17) is 4.42 Å². The predicted octanol–water partition coefficient (Wildman–Crippen LogP) is 3.42. The first-order valence-electron chi connectivity index (χ1n) is 6.63. The van der Waals surface area contributed by atoms with E-state index in [2.05, 4.69) is 22.3 Å². The smallest absolute Gasteiger partial charge is 0.176 e. The van der Waals surface area contributed by atoms with Crippen LogP contribution in [0.25, 0.3) is 5.82 Å². The Morgan fingerprint density at radius 2 is 2.20 bits per heavy atom. The molecule has 0 aliphatic carbocycles. The fourth-order valence-corrected chi connectivity index (χ4v) is 2.14. The van der Waals surface area contributed by atoms with Gasteiger partial charge in [0.25, 0.3) is 0 Å². The number of hydrogen-bond donors (Lipinski definition) is 1. The zero-order valence-electron chi connectivity index (χ0n) is 11.2. The number of aromatic nitrogens is 3. The van der Waals surface area contributed by atoms with Gasteiger partial charge in [-0.1, -0.05) is 6.92 Å². The highest BCUT2D eigenvalue weighted by Gasteiger charge is 2.14. The van der Waals surface area contributed by atoms with Crippen LogP contribution in [0.1, 0.15) is 25.1 Å². The van der Waals surface area contributed by atoms with Gasteiger partial charge in [0.2, 0.25) is 0 Å². The molecule has 0 saturated heterocycles. The number of nitrogens with zero attached hydrogens (tertiary/aromatic N) is 3. The Morgan fingerprint density at radius 3 is 2.90 bits per heavy atom. The maximum absolute atomic E-state index is 5.48. The number of rotatable bonds is 5. The Morgan fingerprint density at radius 1 is 1.25 bits per heavy atom. The third-order valence-electron chi connectivity index (χ3n) is 3.13. The molecule has 0 aliphatic heterocycles. The molecule has 3 rings (SSSR count). The monoisotopic (exact) mass is 268 g/mol. The molecular weight excluding hydrogens is 252 g/mol. The molecule has 0 saturated carbocycles. The van der Waals surface area contributed by atoms with E-state index in [1.807, 2.05) is 36.5 Å². The summed E-state index contributed by atoms with van der Waals surface area (Å²) in [6.45, 7) is 2.12. The number of nitrogens with one attached hydrogen (secondary N) is 1. The van der Waals surface area contributed by atoms with Gasteiger partial charge in [0, 0.05) is 18.6 Å². The van der Waals surface area contributed by atoms with E-state index in [9.17, 15) is 0 Å². The highest BCUT2D eigenvalue weighted by atomic mass is 16.3. The molecule has 0 spiro atoms. The Labute approximate surface area is 117 Å². The lowest BCUT2D eigenvalue weighted by Crippen LogP contribution is -2.12. The molecule has 0 aliphatic rings. The molecule has 1 unspecified atom stereocenters. The van der Waals surface area contributed by atoms with Crippen LogP contribution in [0, 0.1) is 0 Å². The van der Waals surface area contributed by atoms with Crippen LogP contribution in [0.4, 0.5) is 5.69 Å². The molecule has 20 heavy (non-hydrogen) atoms. The number of furan rings is 1. The summed E-state index contributed by atoms with van der Waals surface area (Å²) in [5.41, 5.74) is 0.930. The van der Waals surface area contributed by atoms with Gasteiger partial charge in [0.05, 0.1) is 18.0 Å². The quantitative estimate of drug-likeness (QED) is 0.770. The van der Waals surface area contributed by atoms with E-state index in [0.29, 0.717) is 0 Å². The van der Waals surface area contributed by atoms with Gasteiger partial charge in [-0.2, -0.15) is 5.10 Å². The van der Waals surface area contributed by atoms with Crippen LogP contribution in [-0.2, 0) is 0 Å². The van der Waals surface area contributed by atoms with Gasteiger partial charge in [-0.3, -0.25) is 0 Å². The van der Waals surface area contributed by atoms with Crippen LogP contribution in [0.5, 0.6) is 0 Å². The summed E-state index contributed by atoms with van der Waals surface area (Å²) in [4.78, 5) is 4.40. The summed E-state index contributed by atoms with van der Waals surface area (Å²) in [5.74, 6) is 1.70. The fraction of sp³-hybridized carbons (Fsp3) is 0.200. The number of pyridine rings is 1. The van der Waals surface area contributed by atoms with Gasteiger partial charge in [-0.15, -0.1) is 0 Å². The van der Waals surface area contributed by atoms with Crippen molar-refractivity contribution in [3.05, 3.63) is 60.9 Å². The Balaban J connectivity index is 1.91. The van der Waals surface area contributed by atoms with Gasteiger partial charge >= 0.3 is 0 Å². The first-order chi connectivity index (χ1) is 9.88. The van der Waals surface area contributed by atoms with Crippen molar-refractivity contribution in [1.29, 1.82) is 0 Å². The summed E-state index contributed by atoms with van der Waals surface area (Å²) >= 11 is 0. The molecule has 3 heterocycles. The fourth-order valence-electron chi connectivity index (χ4n) is 2.14. The zero-order chi connectivity index (χ0) is 13.8. The predicted molar refractivity (Wildman–Crippen MR) is 76.7 cm³/mol. The molecule has 1 atom stereocenters. The molecule has 0 fully saturated rings. The third-order valence-corrected chi connectivity index (χ3v) is 3.13. The maximum Gasteiger partial charge on any atom is 0.176 e. The molecule has 1 N–H and O–H groups in total. The molecule has 0 bridgehead atoms. The highest BCUT2D eigenvalue weighted by Crippen LogP contribution is 2.25. The molecule has 0 amide bonds. The van der Waals surface area contributed by atoms with Crippen LogP contribution in [0.2, 0.25) is 0 Å². The second-order valence-electron chi connectivity index (χ2n) is 4.45. The molecule has 5 nitrogen and oxygen atoms in total. The Kier molecular flexibility index (Phi) is 3.50. The van der Waals surface area contributed by atoms with Crippen LogP contribution >= 0.6 is 0 Å². The van der Waals surface area contributed by atoms with Crippen molar-refractivity contribution >= 4 is 5.69 Å². The average Bonchev–Trinajstić information content (AvgIpc) is 3.18. The lowest BCUT2D eigenvalue weighted by atomic mass is 10.1. The lowest BCUT2D eigenvalue weighted by Gasteiger charge is -2.18. The van der Waals surface area contributed by atoms with Crippen molar-refractivity contribution in [1.82, 2.24) is 14.8 Å². The van der Waals surface area contributed by atoms with Crippen molar-refractivity contribution in [2.45, 2.75) is 19.4 Å². The maximum atomic E-state index is 5.48. The SMILES string of the molecule is CCC(Nc1cccnc1-n1cccn1)c1ccco1. The summed E-state index contributed by atoms with van der Waals surface area (Å²) in [6.07, 6.45) is 7.98. The minimum atomic E-state index is 0.114.